The molecular weight excluding hydrogens is 440 g/mol. The Balaban J connectivity index is 1.49. The van der Waals surface area contributed by atoms with Gasteiger partial charge in [0.1, 0.15) is 5.82 Å². The Morgan fingerprint density at radius 1 is 0.969 bits per heavy atom. The first kappa shape index (κ1) is 22.1. The largest absolute Gasteiger partial charge is 0.349 e. The smallest absolute Gasteiger partial charge is 0.230 e. The zero-order valence-electron chi connectivity index (χ0n) is 17.6. The zero-order valence-corrected chi connectivity index (χ0v) is 19.2. The average Bonchev–Trinajstić information content (AvgIpc) is 3.21. The van der Waals surface area contributed by atoms with Crippen molar-refractivity contribution in [2.45, 2.75) is 24.5 Å². The molecule has 32 heavy (non-hydrogen) atoms. The molecule has 1 heterocycles. The van der Waals surface area contributed by atoms with Crippen LogP contribution in [0.4, 0.5) is 0 Å². The van der Waals surface area contributed by atoms with Gasteiger partial charge in [0.25, 0.3) is 0 Å². The van der Waals surface area contributed by atoms with Gasteiger partial charge in [-0.2, -0.15) is 0 Å². The molecule has 1 aromatic heterocycles. The van der Waals surface area contributed by atoms with Crippen LogP contribution in [0.15, 0.2) is 90.1 Å². The maximum absolute atomic E-state index is 12.6. The third-order valence-electron chi connectivity index (χ3n) is 5.00. The molecule has 5 nitrogen and oxygen atoms in total. The van der Waals surface area contributed by atoms with E-state index in [4.69, 9.17) is 11.6 Å². The molecule has 1 amide bonds. The van der Waals surface area contributed by atoms with Crippen molar-refractivity contribution in [1.29, 1.82) is 0 Å². The summed E-state index contributed by atoms with van der Waals surface area (Å²) in [6, 6.07) is 27.5. The molecule has 7 heteroatoms. The highest BCUT2D eigenvalue weighted by molar-refractivity contribution is 7.99. The number of amides is 1. The van der Waals surface area contributed by atoms with Crippen molar-refractivity contribution in [3.05, 3.63) is 107 Å². The second-order valence-electron chi connectivity index (χ2n) is 7.33. The molecule has 0 saturated carbocycles. The van der Waals surface area contributed by atoms with Gasteiger partial charge < -0.3 is 5.32 Å². The SMILES string of the molecule is CC(NC(=O)CSc1nnc(Cc2ccccc2)n1-c1ccccc1)c1ccccc1Cl. The highest BCUT2D eigenvalue weighted by Gasteiger charge is 2.17. The summed E-state index contributed by atoms with van der Waals surface area (Å²) in [5, 5.41) is 13.2. The third kappa shape index (κ3) is 5.39. The van der Waals surface area contributed by atoms with Crippen molar-refractivity contribution in [1.82, 2.24) is 20.1 Å². The number of nitrogens with one attached hydrogen (secondary N) is 1. The third-order valence-corrected chi connectivity index (χ3v) is 6.27. The molecule has 0 aliphatic rings. The second kappa shape index (κ2) is 10.5. The number of thioether (sulfide) groups is 1. The van der Waals surface area contributed by atoms with Crippen molar-refractivity contribution in [3.63, 3.8) is 0 Å². The Labute approximate surface area is 196 Å². The fourth-order valence-corrected chi connectivity index (χ4v) is 4.52. The van der Waals surface area contributed by atoms with Gasteiger partial charge >= 0.3 is 0 Å². The van der Waals surface area contributed by atoms with Crippen molar-refractivity contribution in [2.24, 2.45) is 0 Å². The molecule has 0 radical (unpaired) electrons. The molecule has 4 rings (SSSR count). The summed E-state index contributed by atoms with van der Waals surface area (Å²) in [5.74, 6) is 0.967. The molecule has 1 atom stereocenters. The Kier molecular flexibility index (Phi) is 7.24. The molecule has 0 spiro atoms. The van der Waals surface area contributed by atoms with E-state index in [0.717, 1.165) is 22.6 Å². The Bertz CT molecular complexity index is 1180. The lowest BCUT2D eigenvalue weighted by Crippen LogP contribution is -2.28. The fourth-order valence-electron chi connectivity index (χ4n) is 3.44. The van der Waals surface area contributed by atoms with E-state index in [1.165, 1.54) is 11.8 Å². The molecule has 0 fully saturated rings. The lowest BCUT2D eigenvalue weighted by atomic mass is 10.1. The van der Waals surface area contributed by atoms with Crippen LogP contribution in [0.25, 0.3) is 5.69 Å². The van der Waals surface area contributed by atoms with Gasteiger partial charge in [0, 0.05) is 17.1 Å². The summed E-state index contributed by atoms with van der Waals surface area (Å²) in [7, 11) is 0. The first-order chi connectivity index (χ1) is 15.6. The summed E-state index contributed by atoms with van der Waals surface area (Å²) < 4.78 is 2.02. The van der Waals surface area contributed by atoms with Gasteiger partial charge in [0.15, 0.2) is 5.16 Å². The first-order valence-corrected chi connectivity index (χ1v) is 11.7. The summed E-state index contributed by atoms with van der Waals surface area (Å²) >= 11 is 7.62. The molecule has 4 aromatic rings. The van der Waals surface area contributed by atoms with Gasteiger partial charge in [-0.25, -0.2) is 0 Å². The lowest BCUT2D eigenvalue weighted by molar-refractivity contribution is -0.119. The van der Waals surface area contributed by atoms with E-state index >= 15 is 0 Å². The van der Waals surface area contributed by atoms with Crippen LogP contribution in [0.2, 0.25) is 5.02 Å². The van der Waals surface area contributed by atoms with Crippen LogP contribution in [-0.2, 0) is 11.2 Å². The summed E-state index contributed by atoms with van der Waals surface area (Å²) in [4.78, 5) is 12.6. The number of rotatable bonds is 8. The molecule has 1 unspecified atom stereocenters. The van der Waals surface area contributed by atoms with Crippen molar-refractivity contribution >= 4 is 29.3 Å². The Morgan fingerprint density at radius 2 is 1.62 bits per heavy atom. The van der Waals surface area contributed by atoms with Gasteiger partial charge in [-0.15, -0.1) is 10.2 Å². The number of hydrogen-bond acceptors (Lipinski definition) is 4. The van der Waals surface area contributed by atoms with Gasteiger partial charge in [-0.05, 0) is 36.2 Å². The van der Waals surface area contributed by atoms with Gasteiger partial charge in [-0.1, -0.05) is 90.1 Å². The van der Waals surface area contributed by atoms with Crippen molar-refractivity contribution in [2.75, 3.05) is 5.75 Å². The highest BCUT2D eigenvalue weighted by Crippen LogP contribution is 2.25. The van der Waals surface area contributed by atoms with Gasteiger partial charge in [-0.3, -0.25) is 9.36 Å². The predicted octanol–water partition coefficient (Wildman–Crippen LogP) is 5.48. The maximum atomic E-state index is 12.6. The van der Waals surface area contributed by atoms with E-state index in [-0.39, 0.29) is 17.7 Å². The number of halogens is 1. The number of para-hydroxylation sites is 1. The standard InChI is InChI=1S/C25H23ClN4OS/c1-18(21-14-8-9-15-22(21)26)27-24(31)17-32-25-29-28-23(16-19-10-4-2-5-11-19)30(25)20-12-6-3-7-13-20/h2-15,18H,16-17H2,1H3,(H,27,31). The molecule has 0 aliphatic carbocycles. The summed E-state index contributed by atoms with van der Waals surface area (Å²) in [5.41, 5.74) is 3.01. The molecule has 1 N–H and O–H groups in total. The Hall–Kier alpha value is -3.09. The number of carbonyl (C=O) groups excluding carboxylic acids is 1. The van der Waals surface area contributed by atoms with E-state index in [0.29, 0.717) is 16.6 Å². The minimum atomic E-state index is -0.183. The molecule has 0 bridgehead atoms. The van der Waals surface area contributed by atoms with Crippen LogP contribution in [0.1, 0.15) is 29.9 Å². The van der Waals surface area contributed by atoms with E-state index in [9.17, 15) is 4.79 Å². The second-order valence-corrected chi connectivity index (χ2v) is 8.68. The minimum absolute atomic E-state index is 0.0883. The highest BCUT2D eigenvalue weighted by atomic mass is 35.5. The molecule has 3 aromatic carbocycles. The molecular formula is C25H23ClN4OS. The first-order valence-electron chi connectivity index (χ1n) is 10.3. The van der Waals surface area contributed by atoms with Crippen molar-refractivity contribution < 1.29 is 4.79 Å². The topological polar surface area (TPSA) is 59.8 Å². The lowest BCUT2D eigenvalue weighted by Gasteiger charge is -2.15. The number of hydrogen-bond donors (Lipinski definition) is 1. The maximum Gasteiger partial charge on any atom is 0.230 e. The zero-order chi connectivity index (χ0) is 22.3. The predicted molar refractivity (Wildman–Crippen MR) is 129 cm³/mol. The fraction of sp³-hybridized carbons (Fsp3) is 0.160. The summed E-state index contributed by atoms with van der Waals surface area (Å²) in [6.07, 6.45) is 0.652. The number of nitrogens with zero attached hydrogens (tertiary/aromatic N) is 3. The normalized spacial score (nSPS) is 11.8. The molecule has 162 valence electrons. The van der Waals surface area contributed by atoms with Crippen LogP contribution in [0.3, 0.4) is 0 Å². The van der Waals surface area contributed by atoms with E-state index in [2.05, 4.69) is 27.6 Å². The van der Waals surface area contributed by atoms with E-state index in [1.807, 2.05) is 84.3 Å². The van der Waals surface area contributed by atoms with Crippen molar-refractivity contribution in [3.8, 4) is 5.69 Å². The van der Waals surface area contributed by atoms with Crippen LogP contribution in [-0.4, -0.2) is 26.4 Å². The van der Waals surface area contributed by atoms with Crippen LogP contribution in [0.5, 0.6) is 0 Å². The number of aromatic nitrogens is 3. The van der Waals surface area contributed by atoms with Crippen LogP contribution in [0, 0.1) is 0 Å². The quantitative estimate of drug-likeness (QED) is 0.352. The monoisotopic (exact) mass is 462 g/mol. The molecule has 0 aliphatic heterocycles. The number of carbonyl (C=O) groups is 1. The summed E-state index contributed by atoms with van der Waals surface area (Å²) in [6.45, 7) is 1.92. The minimum Gasteiger partial charge on any atom is -0.349 e. The van der Waals surface area contributed by atoms with E-state index < -0.39 is 0 Å². The van der Waals surface area contributed by atoms with Crippen LogP contribution < -0.4 is 5.32 Å². The molecule has 0 saturated heterocycles. The number of benzene rings is 3. The van der Waals surface area contributed by atoms with Gasteiger partial charge in [0.2, 0.25) is 5.91 Å². The van der Waals surface area contributed by atoms with Gasteiger partial charge in [0.05, 0.1) is 11.8 Å². The van der Waals surface area contributed by atoms with E-state index in [1.54, 1.807) is 0 Å². The van der Waals surface area contributed by atoms with Crippen LogP contribution >= 0.6 is 23.4 Å². The Morgan fingerprint density at radius 3 is 2.34 bits per heavy atom. The average molecular weight is 463 g/mol.